The van der Waals surface area contributed by atoms with Gasteiger partial charge in [-0.1, -0.05) is 0 Å². The van der Waals surface area contributed by atoms with Gasteiger partial charge in [0.1, 0.15) is 0 Å². The monoisotopic (exact) mass is 125 g/mol. The fraction of sp³-hybridized carbons (Fsp3) is 0.167. The van der Waals surface area contributed by atoms with Gasteiger partial charge in [-0.05, 0) is 12.1 Å². The number of esters is 1. The van der Waals surface area contributed by atoms with E-state index in [1.54, 1.807) is 0 Å². The molecule has 0 atom stereocenters. The van der Waals surface area contributed by atoms with Crippen LogP contribution in [0.2, 0.25) is 0 Å². The van der Waals surface area contributed by atoms with E-state index in [1.165, 1.54) is 19.2 Å². The minimum atomic E-state index is -0.476. The maximum absolute atomic E-state index is 10.5. The van der Waals surface area contributed by atoms with Crippen molar-refractivity contribution in [2.75, 3.05) is 7.11 Å². The molecule has 0 aliphatic rings. The Labute approximate surface area is 52.2 Å². The van der Waals surface area contributed by atoms with Crippen molar-refractivity contribution in [3.63, 3.8) is 0 Å². The van der Waals surface area contributed by atoms with Gasteiger partial charge in [0.2, 0.25) is 5.76 Å². The molecule has 3 nitrogen and oxygen atoms in total. The zero-order valence-corrected chi connectivity index (χ0v) is 4.88. The zero-order chi connectivity index (χ0) is 6.69. The number of furan rings is 1. The maximum Gasteiger partial charge on any atom is 0.373 e. The quantitative estimate of drug-likeness (QED) is 0.522. The summed E-state index contributed by atoms with van der Waals surface area (Å²) < 4.78 is 8.93. The minimum absolute atomic E-state index is 0.178. The summed E-state index contributed by atoms with van der Waals surface area (Å²) in [6, 6.07) is 3.00. The normalized spacial score (nSPS) is 9.00. The Morgan fingerprint density at radius 3 is 3.11 bits per heavy atom. The summed E-state index contributed by atoms with van der Waals surface area (Å²) in [4.78, 5) is 10.5. The highest BCUT2D eigenvalue weighted by molar-refractivity contribution is 5.85. The summed E-state index contributed by atoms with van der Waals surface area (Å²) in [6.45, 7) is 0. The molecule has 1 heterocycles. The van der Waals surface area contributed by atoms with E-state index in [0.717, 1.165) is 0 Å². The lowest BCUT2D eigenvalue weighted by molar-refractivity contribution is 0.0564. The molecular formula is C6H5O3. The van der Waals surface area contributed by atoms with Crippen LogP contribution in [-0.2, 0) is 4.74 Å². The molecule has 0 bridgehead atoms. The first-order valence-electron chi connectivity index (χ1n) is 2.39. The highest BCUT2D eigenvalue weighted by Crippen LogP contribution is 1.99. The Kier molecular flexibility index (Phi) is 1.53. The van der Waals surface area contributed by atoms with Gasteiger partial charge in [-0.15, -0.1) is 0 Å². The first kappa shape index (κ1) is 5.88. The molecule has 3 heteroatoms. The molecule has 0 N–H and O–H groups in total. The van der Waals surface area contributed by atoms with Gasteiger partial charge in [0.15, 0.2) is 6.26 Å². The number of rotatable bonds is 1. The molecule has 1 rings (SSSR count). The molecule has 1 radical (unpaired) electrons. The van der Waals surface area contributed by atoms with Crippen molar-refractivity contribution in [2.45, 2.75) is 0 Å². The van der Waals surface area contributed by atoms with Crippen LogP contribution >= 0.6 is 0 Å². The van der Waals surface area contributed by atoms with Crippen molar-refractivity contribution >= 4 is 5.97 Å². The lowest BCUT2D eigenvalue weighted by atomic mass is 10.5. The van der Waals surface area contributed by atoms with Crippen LogP contribution in [0.3, 0.4) is 0 Å². The number of methoxy groups -OCH3 is 1. The van der Waals surface area contributed by atoms with Crippen molar-refractivity contribution in [2.24, 2.45) is 0 Å². The Hall–Kier alpha value is -1.25. The summed E-state index contributed by atoms with van der Waals surface area (Å²) in [7, 11) is 1.30. The molecule has 0 aliphatic carbocycles. The third-order valence-corrected chi connectivity index (χ3v) is 0.858. The average Bonchev–Trinajstić information content (AvgIpc) is 2.37. The molecule has 0 spiro atoms. The second-order valence-electron chi connectivity index (χ2n) is 1.41. The summed E-state index contributed by atoms with van der Waals surface area (Å²) in [5.74, 6) is -0.297. The van der Waals surface area contributed by atoms with Crippen molar-refractivity contribution in [3.05, 3.63) is 24.2 Å². The van der Waals surface area contributed by atoms with Crippen LogP contribution in [0, 0.1) is 6.26 Å². The fourth-order valence-corrected chi connectivity index (χ4v) is 0.452. The number of carbonyl (C=O) groups excluding carboxylic acids is 1. The Morgan fingerprint density at radius 1 is 1.89 bits per heavy atom. The number of hydrogen-bond donors (Lipinski definition) is 0. The average molecular weight is 125 g/mol. The first-order chi connectivity index (χ1) is 4.34. The molecule has 0 saturated carbocycles. The molecule has 0 saturated heterocycles. The van der Waals surface area contributed by atoms with E-state index in [4.69, 9.17) is 0 Å². The summed E-state index contributed by atoms with van der Waals surface area (Å²) in [6.07, 6.45) is 2.37. The molecule has 0 aliphatic heterocycles. The second-order valence-corrected chi connectivity index (χ2v) is 1.41. The van der Waals surface area contributed by atoms with E-state index in [1.807, 2.05) is 0 Å². The van der Waals surface area contributed by atoms with E-state index < -0.39 is 5.97 Å². The molecule has 47 valence electrons. The van der Waals surface area contributed by atoms with E-state index in [-0.39, 0.29) is 5.76 Å². The van der Waals surface area contributed by atoms with Crippen LogP contribution in [0.5, 0.6) is 0 Å². The van der Waals surface area contributed by atoms with Crippen LogP contribution in [-0.4, -0.2) is 13.1 Å². The van der Waals surface area contributed by atoms with Crippen LogP contribution < -0.4 is 0 Å². The summed E-state index contributed by atoms with van der Waals surface area (Å²) >= 11 is 0. The second kappa shape index (κ2) is 2.35. The molecule has 0 aromatic carbocycles. The van der Waals surface area contributed by atoms with Gasteiger partial charge in [-0.3, -0.25) is 0 Å². The van der Waals surface area contributed by atoms with Gasteiger partial charge in [0, 0.05) is 0 Å². The van der Waals surface area contributed by atoms with Gasteiger partial charge in [-0.2, -0.15) is 0 Å². The largest absolute Gasteiger partial charge is 0.463 e. The van der Waals surface area contributed by atoms with Crippen LogP contribution in [0.1, 0.15) is 10.6 Å². The highest BCUT2D eigenvalue weighted by atomic mass is 16.5. The fourth-order valence-electron chi connectivity index (χ4n) is 0.452. The van der Waals surface area contributed by atoms with E-state index in [0.29, 0.717) is 0 Å². The van der Waals surface area contributed by atoms with Gasteiger partial charge in [-0.25, -0.2) is 4.79 Å². The lowest BCUT2D eigenvalue weighted by Gasteiger charge is -1.89. The van der Waals surface area contributed by atoms with Gasteiger partial charge >= 0.3 is 5.97 Å². The summed E-state index contributed by atoms with van der Waals surface area (Å²) in [5, 5.41) is 0. The Morgan fingerprint density at radius 2 is 2.67 bits per heavy atom. The van der Waals surface area contributed by atoms with Gasteiger partial charge in [0.25, 0.3) is 0 Å². The third-order valence-electron chi connectivity index (χ3n) is 0.858. The Bertz CT molecular complexity index is 188. The SMILES string of the molecule is COC(=O)c1cc[c]o1. The van der Waals surface area contributed by atoms with Crippen LogP contribution in [0.4, 0.5) is 0 Å². The van der Waals surface area contributed by atoms with Crippen molar-refractivity contribution in [1.29, 1.82) is 0 Å². The van der Waals surface area contributed by atoms with Crippen LogP contribution in [0.15, 0.2) is 16.5 Å². The zero-order valence-electron chi connectivity index (χ0n) is 4.88. The first-order valence-corrected chi connectivity index (χ1v) is 2.39. The van der Waals surface area contributed by atoms with Crippen molar-refractivity contribution in [1.82, 2.24) is 0 Å². The molecular weight excluding hydrogens is 120 g/mol. The molecule has 0 amide bonds. The highest BCUT2D eigenvalue weighted by Gasteiger charge is 2.05. The lowest BCUT2D eigenvalue weighted by Crippen LogP contribution is -1.97. The van der Waals surface area contributed by atoms with E-state index in [2.05, 4.69) is 15.4 Å². The molecule has 1 aromatic heterocycles. The maximum atomic E-state index is 10.5. The minimum Gasteiger partial charge on any atom is -0.463 e. The topological polar surface area (TPSA) is 39.4 Å². The molecule has 9 heavy (non-hydrogen) atoms. The van der Waals surface area contributed by atoms with E-state index in [9.17, 15) is 4.79 Å². The number of carbonyl (C=O) groups is 1. The van der Waals surface area contributed by atoms with Gasteiger partial charge < -0.3 is 9.15 Å². The third kappa shape index (κ3) is 1.10. The standard InChI is InChI=1S/C6H5O3/c1-8-6(7)5-3-2-4-9-5/h2-3H,1H3. The predicted octanol–water partition coefficient (Wildman–Crippen LogP) is 0.866. The molecule has 0 fully saturated rings. The molecule has 0 unspecified atom stereocenters. The van der Waals surface area contributed by atoms with Crippen molar-refractivity contribution in [3.8, 4) is 0 Å². The van der Waals surface area contributed by atoms with Crippen molar-refractivity contribution < 1.29 is 13.9 Å². The molecule has 1 aromatic rings. The number of ether oxygens (including phenoxy) is 1. The summed E-state index contributed by atoms with van der Waals surface area (Å²) in [5.41, 5.74) is 0. The smallest absolute Gasteiger partial charge is 0.373 e. The predicted molar refractivity (Wildman–Crippen MR) is 28.9 cm³/mol. The van der Waals surface area contributed by atoms with Gasteiger partial charge in [0.05, 0.1) is 7.11 Å². The van der Waals surface area contributed by atoms with E-state index >= 15 is 0 Å². The Balaban J connectivity index is 2.77. The number of hydrogen-bond acceptors (Lipinski definition) is 3. The van der Waals surface area contributed by atoms with Crippen LogP contribution in [0.25, 0.3) is 0 Å².